The van der Waals surface area contributed by atoms with Crippen LogP contribution in [0.2, 0.25) is 0 Å². The zero-order valence-corrected chi connectivity index (χ0v) is 12.8. The van der Waals surface area contributed by atoms with Crippen molar-refractivity contribution in [3.05, 3.63) is 53.2 Å². The third-order valence-electron chi connectivity index (χ3n) is 3.17. The number of hydrogen-bond donors (Lipinski definition) is 0. The van der Waals surface area contributed by atoms with Gasteiger partial charge in [0.05, 0.1) is 5.69 Å². The molecule has 0 unspecified atom stereocenters. The highest BCUT2D eigenvalue weighted by Crippen LogP contribution is 2.28. The topological polar surface area (TPSA) is 38.7 Å². The molecule has 0 spiro atoms. The van der Waals surface area contributed by atoms with Crippen LogP contribution in [0.25, 0.3) is 22.0 Å². The lowest BCUT2D eigenvalue weighted by Gasteiger charge is -2.08. The monoisotopic (exact) mass is 327 g/mol. The number of aryl methyl sites for hydroxylation is 1. The largest absolute Gasteiger partial charge is 0.264 e. The molecule has 20 heavy (non-hydrogen) atoms. The number of nitrogens with zero attached hydrogens (tertiary/aromatic N) is 3. The summed E-state index contributed by atoms with van der Waals surface area (Å²) in [5, 5.41) is 2.28. The molecule has 3 rings (SSSR count). The van der Waals surface area contributed by atoms with Crippen LogP contribution >= 0.6 is 15.9 Å². The highest BCUT2D eigenvalue weighted by atomic mass is 79.9. The Morgan fingerprint density at radius 1 is 1.15 bits per heavy atom. The second-order valence-electron chi connectivity index (χ2n) is 4.64. The van der Waals surface area contributed by atoms with Gasteiger partial charge in [-0.2, -0.15) is 0 Å². The summed E-state index contributed by atoms with van der Waals surface area (Å²) < 4.78 is 0.831. The van der Waals surface area contributed by atoms with Crippen molar-refractivity contribution in [3.8, 4) is 11.3 Å². The predicted octanol–water partition coefficient (Wildman–Crippen LogP) is 4.41. The zero-order chi connectivity index (χ0) is 13.9. The average molecular weight is 328 g/mol. The van der Waals surface area contributed by atoms with E-state index >= 15 is 0 Å². The van der Waals surface area contributed by atoms with Crippen LogP contribution < -0.4 is 0 Å². The van der Waals surface area contributed by atoms with Crippen molar-refractivity contribution in [2.75, 3.05) is 0 Å². The van der Waals surface area contributed by atoms with Gasteiger partial charge in [-0.15, -0.1) is 0 Å². The minimum Gasteiger partial charge on any atom is -0.264 e. The van der Waals surface area contributed by atoms with Gasteiger partial charge < -0.3 is 0 Å². The van der Waals surface area contributed by atoms with E-state index in [1.165, 1.54) is 0 Å². The number of benzene rings is 1. The maximum Gasteiger partial charge on any atom is 0.130 e. The van der Waals surface area contributed by atoms with Crippen molar-refractivity contribution < 1.29 is 0 Å². The summed E-state index contributed by atoms with van der Waals surface area (Å²) in [6.07, 6.45) is 5.62. The molecule has 0 amide bonds. The molecule has 0 fully saturated rings. The Morgan fingerprint density at radius 3 is 2.90 bits per heavy atom. The van der Waals surface area contributed by atoms with Crippen molar-refractivity contribution in [1.82, 2.24) is 15.0 Å². The molecule has 2 heterocycles. The van der Waals surface area contributed by atoms with Gasteiger partial charge >= 0.3 is 0 Å². The smallest absolute Gasteiger partial charge is 0.130 e. The zero-order valence-electron chi connectivity index (χ0n) is 11.2. The Labute approximate surface area is 126 Å². The molecule has 4 heteroatoms. The molecule has 0 saturated heterocycles. The first kappa shape index (κ1) is 13.2. The lowest BCUT2D eigenvalue weighted by atomic mass is 10.0. The van der Waals surface area contributed by atoms with Crippen LogP contribution in [0.3, 0.4) is 0 Å². The van der Waals surface area contributed by atoms with Crippen molar-refractivity contribution in [2.45, 2.75) is 19.8 Å². The summed E-state index contributed by atoms with van der Waals surface area (Å²) in [7, 11) is 0. The standard InChI is InChI=1S/C16H14BrN3/c1-2-4-16-19-14(9-15(17)20-16)13-6-3-5-11-10-18-8-7-12(11)13/h3,5-10H,2,4H2,1H3. The van der Waals surface area contributed by atoms with Gasteiger partial charge in [-0.3, -0.25) is 4.98 Å². The molecular formula is C16H14BrN3. The van der Waals surface area contributed by atoms with Crippen molar-refractivity contribution in [2.24, 2.45) is 0 Å². The molecule has 0 saturated carbocycles. The van der Waals surface area contributed by atoms with Gasteiger partial charge in [0.15, 0.2) is 0 Å². The van der Waals surface area contributed by atoms with Crippen LogP contribution in [0, 0.1) is 0 Å². The molecule has 0 atom stereocenters. The number of hydrogen-bond acceptors (Lipinski definition) is 3. The quantitative estimate of drug-likeness (QED) is 0.669. The van der Waals surface area contributed by atoms with E-state index in [1.807, 2.05) is 30.6 Å². The number of rotatable bonds is 3. The first-order valence-electron chi connectivity index (χ1n) is 6.64. The fraction of sp³-hybridized carbons (Fsp3) is 0.188. The fourth-order valence-corrected chi connectivity index (χ4v) is 2.71. The van der Waals surface area contributed by atoms with Crippen LogP contribution in [0.15, 0.2) is 47.3 Å². The van der Waals surface area contributed by atoms with E-state index < -0.39 is 0 Å². The molecule has 0 aliphatic rings. The number of halogens is 1. The van der Waals surface area contributed by atoms with Crippen LogP contribution in [0.4, 0.5) is 0 Å². The van der Waals surface area contributed by atoms with E-state index in [4.69, 9.17) is 0 Å². The molecule has 0 aliphatic carbocycles. The summed E-state index contributed by atoms with van der Waals surface area (Å²) in [4.78, 5) is 13.3. The lowest BCUT2D eigenvalue weighted by Crippen LogP contribution is -1.97. The first-order valence-corrected chi connectivity index (χ1v) is 7.44. The predicted molar refractivity (Wildman–Crippen MR) is 84.5 cm³/mol. The Bertz CT molecular complexity index is 750. The second-order valence-corrected chi connectivity index (χ2v) is 5.46. The van der Waals surface area contributed by atoms with E-state index in [9.17, 15) is 0 Å². The van der Waals surface area contributed by atoms with Gasteiger partial charge in [-0.1, -0.05) is 25.1 Å². The third-order valence-corrected chi connectivity index (χ3v) is 3.58. The minimum atomic E-state index is 0.831. The van der Waals surface area contributed by atoms with Gasteiger partial charge in [-0.05, 0) is 39.9 Å². The third kappa shape index (κ3) is 2.56. The van der Waals surface area contributed by atoms with Crippen LogP contribution in [0.5, 0.6) is 0 Å². The molecule has 3 nitrogen and oxygen atoms in total. The van der Waals surface area contributed by atoms with Gasteiger partial charge in [-0.25, -0.2) is 9.97 Å². The van der Waals surface area contributed by atoms with E-state index in [-0.39, 0.29) is 0 Å². The molecule has 0 bridgehead atoms. The molecule has 0 aliphatic heterocycles. The van der Waals surface area contributed by atoms with Gasteiger partial charge in [0.2, 0.25) is 0 Å². The maximum atomic E-state index is 4.68. The van der Waals surface area contributed by atoms with Crippen LogP contribution in [0.1, 0.15) is 19.2 Å². The summed E-state index contributed by atoms with van der Waals surface area (Å²) >= 11 is 3.48. The average Bonchev–Trinajstić information content (AvgIpc) is 2.46. The number of aromatic nitrogens is 3. The highest BCUT2D eigenvalue weighted by molar-refractivity contribution is 9.10. The van der Waals surface area contributed by atoms with Crippen molar-refractivity contribution >= 4 is 26.7 Å². The Hall–Kier alpha value is -1.81. The molecule has 2 aromatic heterocycles. The molecule has 100 valence electrons. The Balaban J connectivity index is 2.20. The van der Waals surface area contributed by atoms with Gasteiger partial charge in [0.25, 0.3) is 0 Å². The SMILES string of the molecule is CCCc1nc(Br)cc(-c2cccc3cnccc23)n1. The summed E-state index contributed by atoms with van der Waals surface area (Å²) in [5.74, 6) is 0.878. The summed E-state index contributed by atoms with van der Waals surface area (Å²) in [6.45, 7) is 2.13. The first-order chi connectivity index (χ1) is 9.78. The van der Waals surface area contributed by atoms with Gasteiger partial charge in [0, 0.05) is 29.8 Å². The highest BCUT2D eigenvalue weighted by Gasteiger charge is 2.08. The van der Waals surface area contributed by atoms with E-state index in [2.05, 4.69) is 49.9 Å². The molecular weight excluding hydrogens is 314 g/mol. The number of fused-ring (bicyclic) bond motifs is 1. The molecule has 3 aromatic rings. The van der Waals surface area contributed by atoms with Crippen LogP contribution in [-0.2, 0) is 6.42 Å². The summed E-state index contributed by atoms with van der Waals surface area (Å²) in [5.41, 5.74) is 2.07. The second kappa shape index (κ2) is 5.67. The molecule has 1 aromatic carbocycles. The lowest BCUT2D eigenvalue weighted by molar-refractivity contribution is 0.831. The Morgan fingerprint density at radius 2 is 2.05 bits per heavy atom. The summed E-state index contributed by atoms with van der Waals surface area (Å²) in [6, 6.07) is 10.2. The molecule has 0 N–H and O–H groups in total. The number of pyridine rings is 1. The fourth-order valence-electron chi connectivity index (χ4n) is 2.28. The van der Waals surface area contributed by atoms with Crippen LogP contribution in [-0.4, -0.2) is 15.0 Å². The van der Waals surface area contributed by atoms with E-state index in [0.29, 0.717) is 0 Å². The normalized spacial score (nSPS) is 10.9. The Kier molecular flexibility index (Phi) is 3.74. The van der Waals surface area contributed by atoms with E-state index in [0.717, 1.165) is 45.3 Å². The van der Waals surface area contributed by atoms with Crippen molar-refractivity contribution in [3.63, 3.8) is 0 Å². The minimum absolute atomic E-state index is 0.831. The molecule has 0 radical (unpaired) electrons. The maximum absolute atomic E-state index is 4.68. The van der Waals surface area contributed by atoms with Crippen molar-refractivity contribution in [1.29, 1.82) is 0 Å². The van der Waals surface area contributed by atoms with Gasteiger partial charge in [0.1, 0.15) is 10.4 Å². The van der Waals surface area contributed by atoms with E-state index in [1.54, 1.807) is 0 Å².